The summed E-state index contributed by atoms with van der Waals surface area (Å²) in [5, 5.41) is 3.20. The molecular weight excluding hydrogens is 314 g/mol. The first-order chi connectivity index (χ1) is 12.3. The summed E-state index contributed by atoms with van der Waals surface area (Å²) in [7, 11) is 1.65. The zero-order valence-electron chi connectivity index (χ0n) is 14.6. The van der Waals surface area contributed by atoms with E-state index in [4.69, 9.17) is 4.74 Å². The largest absolute Gasteiger partial charge is 0.497 e. The molecule has 0 spiro atoms. The number of hydrogen-bond acceptors (Lipinski definition) is 3. The van der Waals surface area contributed by atoms with Crippen molar-refractivity contribution in [3.05, 3.63) is 59.9 Å². The smallest absolute Gasteiger partial charge is 0.318 e. The van der Waals surface area contributed by atoms with Gasteiger partial charge in [0.05, 0.1) is 13.2 Å². The monoisotopic (exact) mass is 339 g/mol. The highest BCUT2D eigenvalue weighted by Crippen LogP contribution is 2.24. The van der Waals surface area contributed by atoms with Crippen molar-refractivity contribution in [2.24, 2.45) is 0 Å². The van der Waals surface area contributed by atoms with Crippen LogP contribution in [0.2, 0.25) is 0 Å². The van der Waals surface area contributed by atoms with Gasteiger partial charge < -0.3 is 15.0 Å². The van der Waals surface area contributed by atoms with Crippen molar-refractivity contribution in [3.63, 3.8) is 0 Å². The minimum absolute atomic E-state index is 0.000435. The van der Waals surface area contributed by atoms with Crippen LogP contribution >= 0.6 is 0 Å². The summed E-state index contributed by atoms with van der Waals surface area (Å²) in [6, 6.07) is 11.5. The zero-order chi connectivity index (χ0) is 17.5. The Labute approximate surface area is 149 Å². The molecule has 132 valence electrons. The molecule has 1 aromatic heterocycles. The number of aromatic nitrogens is 1. The van der Waals surface area contributed by atoms with Gasteiger partial charge in [-0.3, -0.25) is 4.98 Å². The van der Waals surface area contributed by atoms with Crippen LogP contribution in [0, 0.1) is 0 Å². The van der Waals surface area contributed by atoms with Crippen LogP contribution in [0.15, 0.2) is 48.8 Å². The molecule has 1 aliphatic heterocycles. The van der Waals surface area contributed by atoms with E-state index in [2.05, 4.69) is 10.3 Å². The van der Waals surface area contributed by atoms with Crippen LogP contribution in [-0.4, -0.2) is 36.1 Å². The maximum atomic E-state index is 12.8. The van der Waals surface area contributed by atoms with Crippen LogP contribution in [0.4, 0.5) is 4.79 Å². The number of methoxy groups -OCH3 is 1. The lowest BCUT2D eigenvalue weighted by atomic mass is 9.99. The van der Waals surface area contributed by atoms with Gasteiger partial charge >= 0.3 is 6.03 Å². The fraction of sp³-hybridized carbons (Fsp3) is 0.400. The first kappa shape index (κ1) is 17.3. The first-order valence-electron chi connectivity index (χ1n) is 8.87. The average molecular weight is 339 g/mol. The van der Waals surface area contributed by atoms with Gasteiger partial charge in [-0.05, 0) is 48.2 Å². The quantitative estimate of drug-likeness (QED) is 0.922. The van der Waals surface area contributed by atoms with Crippen molar-refractivity contribution in [3.8, 4) is 5.75 Å². The Bertz CT molecular complexity index is 665. The molecule has 1 N–H and O–H groups in total. The average Bonchev–Trinajstić information content (AvgIpc) is 2.96. The first-order valence-corrected chi connectivity index (χ1v) is 8.87. The van der Waals surface area contributed by atoms with E-state index in [-0.39, 0.29) is 12.1 Å². The molecule has 2 heterocycles. The van der Waals surface area contributed by atoms with Gasteiger partial charge in [0, 0.05) is 25.5 Å². The lowest BCUT2D eigenvalue weighted by Crippen LogP contribution is -2.42. The molecule has 1 aromatic carbocycles. The summed E-state index contributed by atoms with van der Waals surface area (Å²) >= 11 is 0. The molecule has 0 radical (unpaired) electrons. The normalized spacial score (nSPS) is 16.0. The van der Waals surface area contributed by atoms with Gasteiger partial charge in [0.1, 0.15) is 5.75 Å². The lowest BCUT2D eigenvalue weighted by molar-refractivity contribution is 0.197. The van der Waals surface area contributed by atoms with Crippen LogP contribution in [0.25, 0.3) is 0 Å². The van der Waals surface area contributed by atoms with Gasteiger partial charge in [0.25, 0.3) is 0 Å². The Kier molecular flexibility index (Phi) is 5.88. The molecule has 0 saturated carbocycles. The molecule has 0 aliphatic carbocycles. The van der Waals surface area contributed by atoms with Crippen molar-refractivity contribution in [2.75, 3.05) is 20.2 Å². The van der Waals surface area contributed by atoms with Crippen molar-refractivity contribution in [1.82, 2.24) is 15.2 Å². The number of hydrogen-bond donors (Lipinski definition) is 1. The highest BCUT2D eigenvalue weighted by Gasteiger charge is 2.21. The Morgan fingerprint density at radius 1 is 1.00 bits per heavy atom. The fourth-order valence-electron chi connectivity index (χ4n) is 3.20. The number of likely N-dealkylation sites (tertiary alicyclic amines) is 1. The van der Waals surface area contributed by atoms with E-state index in [0.717, 1.165) is 42.8 Å². The molecule has 2 aromatic rings. The Morgan fingerprint density at radius 3 is 2.20 bits per heavy atom. The van der Waals surface area contributed by atoms with Crippen molar-refractivity contribution >= 4 is 6.03 Å². The standard InChI is InChI=1S/C20H25N3O2/c1-25-18-8-6-16(7-9-18)19(17-10-12-21-13-11-17)22-20(24)23-14-4-2-3-5-15-23/h6-13,19H,2-5,14-15H2,1H3,(H,22,24)/t19-/m0/s1. The summed E-state index contributed by atoms with van der Waals surface area (Å²) in [5.74, 6) is 0.802. The number of carbonyl (C=O) groups excluding carboxylic acids is 1. The van der Waals surface area contributed by atoms with Gasteiger partial charge in [0.2, 0.25) is 0 Å². The second-order valence-corrected chi connectivity index (χ2v) is 6.34. The molecule has 5 nitrogen and oxygen atoms in total. The number of rotatable bonds is 4. The number of nitrogens with one attached hydrogen (secondary N) is 1. The minimum Gasteiger partial charge on any atom is -0.497 e. The maximum absolute atomic E-state index is 12.8. The molecule has 25 heavy (non-hydrogen) atoms. The SMILES string of the molecule is COc1ccc([C@H](NC(=O)N2CCCCCC2)c2ccncc2)cc1. The number of urea groups is 1. The van der Waals surface area contributed by atoms with Crippen LogP contribution in [0.5, 0.6) is 5.75 Å². The molecular formula is C20H25N3O2. The molecule has 1 fully saturated rings. The van der Waals surface area contributed by atoms with Crippen molar-refractivity contribution in [1.29, 1.82) is 0 Å². The summed E-state index contributed by atoms with van der Waals surface area (Å²) < 4.78 is 5.24. The number of nitrogens with zero attached hydrogens (tertiary/aromatic N) is 2. The second-order valence-electron chi connectivity index (χ2n) is 6.34. The van der Waals surface area contributed by atoms with Gasteiger partial charge in [-0.25, -0.2) is 4.79 Å². The van der Waals surface area contributed by atoms with E-state index in [0.29, 0.717) is 0 Å². The molecule has 0 unspecified atom stereocenters. The van der Waals surface area contributed by atoms with Crippen LogP contribution in [0.3, 0.4) is 0 Å². The number of pyridine rings is 1. The van der Waals surface area contributed by atoms with E-state index in [1.54, 1.807) is 19.5 Å². The van der Waals surface area contributed by atoms with E-state index < -0.39 is 0 Å². The highest BCUT2D eigenvalue weighted by molar-refractivity contribution is 5.75. The number of amides is 2. The van der Waals surface area contributed by atoms with Crippen LogP contribution in [-0.2, 0) is 0 Å². The third kappa shape index (κ3) is 4.50. The number of ether oxygens (including phenoxy) is 1. The molecule has 3 rings (SSSR count). The van der Waals surface area contributed by atoms with Crippen molar-refractivity contribution < 1.29 is 9.53 Å². The summed E-state index contributed by atoms with van der Waals surface area (Å²) in [6.45, 7) is 1.66. The summed E-state index contributed by atoms with van der Waals surface area (Å²) in [6.07, 6.45) is 8.08. The Morgan fingerprint density at radius 2 is 1.60 bits per heavy atom. The van der Waals surface area contributed by atoms with Gasteiger partial charge in [-0.15, -0.1) is 0 Å². The third-order valence-electron chi connectivity index (χ3n) is 4.65. The summed E-state index contributed by atoms with van der Waals surface area (Å²) in [5.41, 5.74) is 2.04. The predicted molar refractivity (Wildman–Crippen MR) is 97.6 cm³/mol. The molecule has 1 aliphatic rings. The van der Waals surface area contributed by atoms with Gasteiger partial charge in [-0.1, -0.05) is 25.0 Å². The highest BCUT2D eigenvalue weighted by atomic mass is 16.5. The minimum atomic E-state index is -0.204. The van der Waals surface area contributed by atoms with E-state index in [1.165, 1.54) is 12.8 Å². The maximum Gasteiger partial charge on any atom is 0.318 e. The molecule has 2 amide bonds. The van der Waals surface area contributed by atoms with E-state index >= 15 is 0 Å². The zero-order valence-corrected chi connectivity index (χ0v) is 14.6. The number of benzene rings is 1. The van der Waals surface area contributed by atoms with Gasteiger partial charge in [0.15, 0.2) is 0 Å². The lowest BCUT2D eigenvalue weighted by Gasteiger charge is -2.26. The molecule has 0 bridgehead atoms. The predicted octanol–water partition coefficient (Wildman–Crippen LogP) is 3.77. The van der Waals surface area contributed by atoms with Gasteiger partial charge in [-0.2, -0.15) is 0 Å². The van der Waals surface area contributed by atoms with Crippen LogP contribution in [0.1, 0.15) is 42.9 Å². The Hall–Kier alpha value is -2.56. The Balaban J connectivity index is 1.82. The van der Waals surface area contributed by atoms with E-state index in [9.17, 15) is 4.79 Å². The molecule has 1 atom stereocenters. The van der Waals surface area contributed by atoms with Crippen LogP contribution < -0.4 is 10.1 Å². The third-order valence-corrected chi connectivity index (χ3v) is 4.65. The van der Waals surface area contributed by atoms with E-state index in [1.807, 2.05) is 41.3 Å². The molecule has 5 heteroatoms. The topological polar surface area (TPSA) is 54.5 Å². The molecule has 1 saturated heterocycles. The second kappa shape index (κ2) is 8.51. The fourth-order valence-corrected chi connectivity index (χ4v) is 3.20. The number of carbonyl (C=O) groups is 1. The van der Waals surface area contributed by atoms with Crippen molar-refractivity contribution in [2.45, 2.75) is 31.7 Å². The summed E-state index contributed by atoms with van der Waals surface area (Å²) in [4.78, 5) is 18.8.